The molecule has 8 nitrogen and oxygen atoms in total. The van der Waals surface area contributed by atoms with E-state index in [1.54, 1.807) is 0 Å². The quantitative estimate of drug-likeness (QED) is 0.523. The SMILES string of the molecule is O=C1NC(Cc2ccc(OCC3CO3)cc2)C(=O)NC1CC1=CC=C(OCC2CO2)CC=C1. The van der Waals surface area contributed by atoms with Gasteiger partial charge in [0.15, 0.2) is 0 Å². The standard InChI is InChI=1S/C25H28N2O6/c28-24-22(10-16-2-1-3-18(7-4-16)30-12-20-14-32-20)26-25(29)23(27-24)11-17-5-8-19(9-6-17)31-13-21-15-33-21/h1-2,4-9,20-23H,3,10-15H2,(H,26,29)(H,27,28). The number of carbonyl (C=O) groups is 2. The van der Waals surface area contributed by atoms with Crippen LogP contribution in [0.4, 0.5) is 0 Å². The first-order chi connectivity index (χ1) is 16.1. The van der Waals surface area contributed by atoms with Crippen molar-refractivity contribution in [2.75, 3.05) is 26.4 Å². The van der Waals surface area contributed by atoms with Gasteiger partial charge in [0.25, 0.3) is 0 Å². The molecule has 33 heavy (non-hydrogen) atoms. The van der Waals surface area contributed by atoms with Crippen LogP contribution in [-0.4, -0.2) is 62.5 Å². The number of piperazine rings is 1. The lowest BCUT2D eigenvalue weighted by Gasteiger charge is -2.30. The Morgan fingerprint density at radius 2 is 1.48 bits per heavy atom. The van der Waals surface area contributed by atoms with Crippen LogP contribution in [-0.2, 0) is 30.2 Å². The molecule has 0 radical (unpaired) electrons. The zero-order valence-corrected chi connectivity index (χ0v) is 18.3. The van der Waals surface area contributed by atoms with Crippen molar-refractivity contribution >= 4 is 11.8 Å². The highest BCUT2D eigenvalue weighted by molar-refractivity contribution is 5.97. The highest BCUT2D eigenvalue weighted by atomic mass is 16.6. The molecule has 1 aromatic rings. The third-order valence-electron chi connectivity index (χ3n) is 5.90. The van der Waals surface area contributed by atoms with Crippen LogP contribution in [0, 0.1) is 0 Å². The van der Waals surface area contributed by atoms with Gasteiger partial charge in [-0.3, -0.25) is 9.59 Å². The van der Waals surface area contributed by atoms with Crippen LogP contribution < -0.4 is 15.4 Å². The van der Waals surface area contributed by atoms with Crippen molar-refractivity contribution in [3.63, 3.8) is 0 Å². The third-order valence-corrected chi connectivity index (χ3v) is 5.90. The van der Waals surface area contributed by atoms with E-state index >= 15 is 0 Å². The lowest BCUT2D eigenvalue weighted by Crippen LogP contribution is -2.62. The van der Waals surface area contributed by atoms with Crippen LogP contribution >= 0.6 is 0 Å². The van der Waals surface area contributed by atoms with E-state index in [1.165, 1.54) is 0 Å². The van der Waals surface area contributed by atoms with Crippen LogP contribution in [0.2, 0.25) is 0 Å². The number of nitrogens with one attached hydrogen (secondary N) is 2. The fraction of sp³-hybridized carbons (Fsp3) is 0.440. The monoisotopic (exact) mass is 452 g/mol. The minimum absolute atomic E-state index is 0.172. The topological polar surface area (TPSA) is 102 Å². The van der Waals surface area contributed by atoms with E-state index in [1.807, 2.05) is 48.6 Å². The molecule has 4 atom stereocenters. The molecular weight excluding hydrogens is 424 g/mol. The number of benzene rings is 1. The number of hydrogen-bond acceptors (Lipinski definition) is 6. The Balaban J connectivity index is 1.12. The lowest BCUT2D eigenvalue weighted by atomic mass is 9.98. The van der Waals surface area contributed by atoms with Crippen LogP contribution in [0.3, 0.4) is 0 Å². The van der Waals surface area contributed by atoms with Crippen LogP contribution in [0.5, 0.6) is 5.75 Å². The number of allylic oxidation sites excluding steroid dienone is 4. The van der Waals surface area contributed by atoms with Gasteiger partial charge in [-0.05, 0) is 29.3 Å². The average Bonchev–Trinajstić information content (AvgIpc) is 3.71. The van der Waals surface area contributed by atoms with Crippen molar-refractivity contribution < 1.29 is 28.5 Å². The molecule has 3 saturated heterocycles. The second-order valence-electron chi connectivity index (χ2n) is 8.69. The second-order valence-corrected chi connectivity index (χ2v) is 8.69. The lowest BCUT2D eigenvalue weighted by molar-refractivity contribution is -0.136. The first kappa shape index (κ1) is 21.7. The maximum absolute atomic E-state index is 12.7. The van der Waals surface area contributed by atoms with Gasteiger partial charge in [-0.25, -0.2) is 0 Å². The van der Waals surface area contributed by atoms with Gasteiger partial charge in [-0.15, -0.1) is 0 Å². The van der Waals surface area contributed by atoms with Crippen molar-refractivity contribution in [1.82, 2.24) is 10.6 Å². The molecule has 1 aliphatic carbocycles. The molecule has 0 spiro atoms. The molecule has 3 aliphatic heterocycles. The molecule has 2 amide bonds. The van der Waals surface area contributed by atoms with E-state index in [2.05, 4.69) is 10.6 Å². The van der Waals surface area contributed by atoms with Crippen molar-refractivity contribution in [1.29, 1.82) is 0 Å². The Bertz CT molecular complexity index is 975. The first-order valence-electron chi connectivity index (χ1n) is 11.4. The summed E-state index contributed by atoms with van der Waals surface area (Å²) in [6.45, 7) is 2.63. The normalized spacial score (nSPS) is 28.1. The summed E-state index contributed by atoms with van der Waals surface area (Å²) in [7, 11) is 0. The minimum Gasteiger partial charge on any atom is -0.495 e. The van der Waals surface area contributed by atoms with E-state index < -0.39 is 12.1 Å². The summed E-state index contributed by atoms with van der Waals surface area (Å²) in [5, 5.41) is 5.76. The van der Waals surface area contributed by atoms with Gasteiger partial charge in [0.1, 0.15) is 43.3 Å². The van der Waals surface area contributed by atoms with Gasteiger partial charge in [0, 0.05) is 19.3 Å². The summed E-state index contributed by atoms with van der Waals surface area (Å²) in [6.07, 6.45) is 9.81. The molecule has 0 bridgehead atoms. The van der Waals surface area contributed by atoms with E-state index in [0.29, 0.717) is 32.5 Å². The summed E-state index contributed by atoms with van der Waals surface area (Å²) in [5.41, 5.74) is 1.91. The molecule has 4 aliphatic rings. The summed E-state index contributed by atoms with van der Waals surface area (Å²) in [4.78, 5) is 25.4. The maximum atomic E-state index is 12.7. The Kier molecular flexibility index (Phi) is 6.46. The van der Waals surface area contributed by atoms with E-state index in [4.69, 9.17) is 18.9 Å². The first-order valence-corrected chi connectivity index (χ1v) is 11.4. The zero-order chi connectivity index (χ0) is 22.6. The van der Waals surface area contributed by atoms with Gasteiger partial charge in [0.05, 0.1) is 19.0 Å². The van der Waals surface area contributed by atoms with Crippen molar-refractivity contribution in [3.8, 4) is 5.75 Å². The van der Waals surface area contributed by atoms with Crippen LogP contribution in [0.25, 0.3) is 0 Å². The van der Waals surface area contributed by atoms with Crippen molar-refractivity contribution in [3.05, 3.63) is 65.5 Å². The van der Waals surface area contributed by atoms with Crippen molar-refractivity contribution in [2.45, 2.75) is 43.6 Å². The highest BCUT2D eigenvalue weighted by Crippen LogP contribution is 2.20. The van der Waals surface area contributed by atoms with Gasteiger partial charge >= 0.3 is 0 Å². The second kappa shape index (κ2) is 9.80. The molecule has 174 valence electrons. The summed E-state index contributed by atoms with van der Waals surface area (Å²) in [6, 6.07) is 6.38. The number of rotatable bonds is 10. The molecular formula is C25H28N2O6. The van der Waals surface area contributed by atoms with Crippen LogP contribution in [0.1, 0.15) is 18.4 Å². The fourth-order valence-corrected chi connectivity index (χ4v) is 3.77. The van der Waals surface area contributed by atoms with Gasteiger partial charge in [-0.2, -0.15) is 0 Å². The molecule has 2 N–H and O–H groups in total. The molecule has 5 rings (SSSR count). The smallest absolute Gasteiger partial charge is 0.243 e. The number of carbonyl (C=O) groups excluding carboxylic acids is 2. The number of ether oxygens (including phenoxy) is 4. The highest BCUT2D eigenvalue weighted by Gasteiger charge is 2.34. The van der Waals surface area contributed by atoms with E-state index in [-0.39, 0.29) is 24.0 Å². The number of epoxide rings is 2. The Labute approximate surface area is 192 Å². The predicted octanol–water partition coefficient (Wildman–Crippen LogP) is 1.57. The van der Waals surface area contributed by atoms with Gasteiger partial charge < -0.3 is 29.6 Å². The largest absolute Gasteiger partial charge is 0.495 e. The molecule has 3 heterocycles. The third kappa shape index (κ3) is 6.24. The number of hydrogen-bond donors (Lipinski definition) is 2. The number of amides is 2. The summed E-state index contributed by atoms with van der Waals surface area (Å²) >= 11 is 0. The maximum Gasteiger partial charge on any atom is 0.243 e. The van der Waals surface area contributed by atoms with Crippen LogP contribution in [0.15, 0.2) is 59.9 Å². The Morgan fingerprint density at radius 3 is 2.15 bits per heavy atom. The Morgan fingerprint density at radius 1 is 0.848 bits per heavy atom. The van der Waals surface area contributed by atoms with Crippen molar-refractivity contribution in [2.24, 2.45) is 0 Å². The van der Waals surface area contributed by atoms with Gasteiger partial charge in [-0.1, -0.05) is 30.4 Å². The average molecular weight is 453 g/mol. The summed E-state index contributed by atoms with van der Waals surface area (Å²) in [5.74, 6) is 1.28. The zero-order valence-electron chi connectivity index (χ0n) is 18.3. The molecule has 3 fully saturated rings. The molecule has 0 saturated carbocycles. The van der Waals surface area contributed by atoms with Gasteiger partial charge in [0.2, 0.25) is 11.8 Å². The fourth-order valence-electron chi connectivity index (χ4n) is 3.77. The minimum atomic E-state index is -0.596. The van der Waals surface area contributed by atoms with E-state index in [9.17, 15) is 9.59 Å². The predicted molar refractivity (Wildman–Crippen MR) is 119 cm³/mol. The van der Waals surface area contributed by atoms with E-state index in [0.717, 1.165) is 35.9 Å². The molecule has 1 aromatic carbocycles. The molecule has 4 unspecified atom stereocenters. The Hall–Kier alpha value is -3.10. The molecule has 0 aromatic heterocycles. The molecule has 8 heteroatoms. The summed E-state index contributed by atoms with van der Waals surface area (Å²) < 4.78 is 21.7.